The van der Waals surface area contributed by atoms with Crippen LogP contribution in [0, 0.1) is 5.41 Å². The molecule has 1 unspecified atom stereocenters. The normalized spacial score (nSPS) is 24.4. The van der Waals surface area contributed by atoms with E-state index in [2.05, 4.69) is 25.1 Å². The van der Waals surface area contributed by atoms with Gasteiger partial charge < -0.3 is 9.80 Å². The van der Waals surface area contributed by atoms with Gasteiger partial charge in [-0.3, -0.25) is 29.4 Å². The molecular formula is C24H29N7O4. The summed E-state index contributed by atoms with van der Waals surface area (Å²) in [5, 5.41) is 5.88. The Morgan fingerprint density at radius 1 is 1.03 bits per heavy atom. The number of piperidine rings is 3. The molecule has 0 aliphatic carbocycles. The van der Waals surface area contributed by atoms with Crippen LogP contribution in [0.4, 0.5) is 5.69 Å². The van der Waals surface area contributed by atoms with E-state index in [1.54, 1.807) is 12.1 Å². The fraction of sp³-hybridized carbons (Fsp3) is 0.583. The smallest absolute Gasteiger partial charge is 0.264 e. The van der Waals surface area contributed by atoms with Gasteiger partial charge in [-0.05, 0) is 68.3 Å². The summed E-state index contributed by atoms with van der Waals surface area (Å²) in [5.74, 6) is -1.90. The zero-order valence-electron chi connectivity index (χ0n) is 19.6. The van der Waals surface area contributed by atoms with E-state index >= 15 is 0 Å². The van der Waals surface area contributed by atoms with Gasteiger partial charge in [0, 0.05) is 37.5 Å². The SMILES string of the molecule is [N-]=[N+]=NCCN1CCC2(CC1)CCN(c1cccc3c1C(=O)N(C1CCC(=O)NC1=O)C3=O)CC2. The molecule has 4 amide bonds. The number of carbonyl (C=O) groups excluding carboxylic acids is 4. The van der Waals surface area contributed by atoms with Gasteiger partial charge in [-0.1, -0.05) is 11.2 Å². The van der Waals surface area contributed by atoms with E-state index < -0.39 is 23.8 Å². The van der Waals surface area contributed by atoms with Crippen LogP contribution in [0.1, 0.15) is 59.2 Å². The van der Waals surface area contributed by atoms with Gasteiger partial charge in [0.2, 0.25) is 11.8 Å². The number of rotatable bonds is 5. The zero-order chi connectivity index (χ0) is 24.6. The minimum atomic E-state index is -0.957. The van der Waals surface area contributed by atoms with Crippen molar-refractivity contribution in [3.63, 3.8) is 0 Å². The summed E-state index contributed by atoms with van der Waals surface area (Å²) in [6.07, 6.45) is 4.49. The maximum atomic E-state index is 13.4. The Morgan fingerprint density at radius 2 is 1.74 bits per heavy atom. The van der Waals surface area contributed by atoms with Crippen LogP contribution < -0.4 is 10.2 Å². The molecule has 11 heteroatoms. The Bertz CT molecular complexity index is 1110. The molecule has 0 saturated carbocycles. The van der Waals surface area contributed by atoms with Crippen LogP contribution >= 0.6 is 0 Å². The third kappa shape index (κ3) is 4.26. The van der Waals surface area contributed by atoms with Crippen molar-refractivity contribution in [2.45, 2.75) is 44.6 Å². The average Bonchev–Trinajstić information content (AvgIpc) is 3.11. The molecule has 3 fully saturated rings. The van der Waals surface area contributed by atoms with Crippen LogP contribution in [-0.2, 0) is 9.59 Å². The molecule has 5 rings (SSSR count). The Balaban J connectivity index is 1.27. The lowest BCUT2D eigenvalue weighted by atomic mass is 9.71. The van der Waals surface area contributed by atoms with Gasteiger partial charge in [0.15, 0.2) is 0 Å². The number of likely N-dealkylation sites (tertiary alicyclic amines) is 1. The molecule has 1 atom stereocenters. The molecular weight excluding hydrogens is 450 g/mol. The number of hydrogen-bond donors (Lipinski definition) is 1. The second kappa shape index (κ2) is 9.31. The Morgan fingerprint density at radius 3 is 2.43 bits per heavy atom. The third-order valence-corrected chi connectivity index (χ3v) is 8.11. The predicted octanol–water partition coefficient (Wildman–Crippen LogP) is 2.08. The summed E-state index contributed by atoms with van der Waals surface area (Å²) >= 11 is 0. The maximum Gasteiger partial charge on any atom is 0.264 e. The lowest BCUT2D eigenvalue weighted by Gasteiger charge is -2.47. The first-order valence-electron chi connectivity index (χ1n) is 12.3. The molecule has 4 heterocycles. The van der Waals surface area contributed by atoms with Crippen molar-refractivity contribution in [3.05, 3.63) is 39.8 Å². The monoisotopic (exact) mass is 479 g/mol. The molecule has 184 valence electrons. The number of nitrogens with one attached hydrogen (secondary N) is 1. The van der Waals surface area contributed by atoms with Crippen molar-refractivity contribution in [1.82, 2.24) is 15.1 Å². The van der Waals surface area contributed by atoms with Gasteiger partial charge in [-0.15, -0.1) is 0 Å². The molecule has 1 spiro atoms. The van der Waals surface area contributed by atoms with Crippen LogP contribution in [0.2, 0.25) is 0 Å². The fourth-order valence-corrected chi connectivity index (χ4v) is 5.96. The van der Waals surface area contributed by atoms with Gasteiger partial charge in [0.25, 0.3) is 11.8 Å². The highest BCUT2D eigenvalue weighted by molar-refractivity contribution is 6.25. The number of imide groups is 2. The van der Waals surface area contributed by atoms with Crippen LogP contribution in [0.3, 0.4) is 0 Å². The van der Waals surface area contributed by atoms with E-state index in [4.69, 9.17) is 5.53 Å². The highest BCUT2D eigenvalue weighted by Gasteiger charge is 2.46. The molecule has 1 aromatic carbocycles. The summed E-state index contributed by atoms with van der Waals surface area (Å²) in [7, 11) is 0. The third-order valence-electron chi connectivity index (χ3n) is 8.11. The molecule has 0 radical (unpaired) electrons. The summed E-state index contributed by atoms with van der Waals surface area (Å²) in [4.78, 5) is 58.9. The van der Waals surface area contributed by atoms with Crippen molar-refractivity contribution in [2.75, 3.05) is 44.2 Å². The molecule has 0 aromatic heterocycles. The number of anilines is 1. The number of amides is 4. The van der Waals surface area contributed by atoms with E-state index in [0.29, 0.717) is 17.7 Å². The molecule has 35 heavy (non-hydrogen) atoms. The van der Waals surface area contributed by atoms with Crippen molar-refractivity contribution in [2.24, 2.45) is 10.5 Å². The molecule has 3 saturated heterocycles. The number of hydrogen-bond acceptors (Lipinski definition) is 7. The topological polar surface area (TPSA) is 139 Å². The second-order valence-corrected chi connectivity index (χ2v) is 9.93. The number of azide groups is 1. The minimum Gasteiger partial charge on any atom is -0.371 e. The van der Waals surface area contributed by atoms with E-state index in [-0.39, 0.29) is 24.2 Å². The minimum absolute atomic E-state index is 0.105. The predicted molar refractivity (Wildman–Crippen MR) is 127 cm³/mol. The van der Waals surface area contributed by atoms with Gasteiger partial charge in [0.1, 0.15) is 6.04 Å². The summed E-state index contributed by atoms with van der Waals surface area (Å²) in [6.45, 7) is 4.89. The van der Waals surface area contributed by atoms with Crippen molar-refractivity contribution in [3.8, 4) is 0 Å². The Kier molecular flexibility index (Phi) is 6.21. The molecule has 1 N–H and O–H groups in total. The zero-order valence-corrected chi connectivity index (χ0v) is 19.6. The van der Waals surface area contributed by atoms with Gasteiger partial charge in [0.05, 0.1) is 16.8 Å². The van der Waals surface area contributed by atoms with Gasteiger partial charge in [-0.2, -0.15) is 0 Å². The number of carbonyl (C=O) groups is 4. The van der Waals surface area contributed by atoms with E-state index in [9.17, 15) is 19.2 Å². The van der Waals surface area contributed by atoms with Crippen LogP contribution in [0.25, 0.3) is 10.4 Å². The molecule has 11 nitrogen and oxygen atoms in total. The molecule has 4 aliphatic rings. The van der Waals surface area contributed by atoms with E-state index in [1.165, 1.54) is 0 Å². The van der Waals surface area contributed by atoms with Crippen molar-refractivity contribution < 1.29 is 19.2 Å². The maximum absolute atomic E-state index is 13.4. The second-order valence-electron chi connectivity index (χ2n) is 9.93. The number of nitrogens with zero attached hydrogens (tertiary/aromatic N) is 6. The molecule has 0 bridgehead atoms. The number of benzene rings is 1. The van der Waals surface area contributed by atoms with Crippen LogP contribution in [-0.4, -0.2) is 78.7 Å². The highest BCUT2D eigenvalue weighted by Crippen LogP contribution is 2.43. The summed E-state index contributed by atoms with van der Waals surface area (Å²) < 4.78 is 0. The molecule has 1 aromatic rings. The Labute approximate surface area is 203 Å². The lowest BCUT2D eigenvalue weighted by molar-refractivity contribution is -0.136. The van der Waals surface area contributed by atoms with Gasteiger partial charge >= 0.3 is 0 Å². The molecule has 4 aliphatic heterocycles. The van der Waals surface area contributed by atoms with E-state index in [0.717, 1.165) is 69.0 Å². The quantitative estimate of drug-likeness (QED) is 0.297. The summed E-state index contributed by atoms with van der Waals surface area (Å²) in [6, 6.07) is 4.36. The fourth-order valence-electron chi connectivity index (χ4n) is 5.96. The number of fused-ring (bicyclic) bond motifs is 1. The largest absolute Gasteiger partial charge is 0.371 e. The highest BCUT2D eigenvalue weighted by atomic mass is 16.2. The van der Waals surface area contributed by atoms with Crippen molar-refractivity contribution in [1.29, 1.82) is 0 Å². The Hall–Kier alpha value is -3.43. The summed E-state index contributed by atoms with van der Waals surface area (Å²) in [5.41, 5.74) is 10.2. The lowest BCUT2D eigenvalue weighted by Crippen LogP contribution is -2.54. The van der Waals surface area contributed by atoms with Crippen LogP contribution in [0.15, 0.2) is 23.3 Å². The van der Waals surface area contributed by atoms with Crippen LogP contribution in [0.5, 0.6) is 0 Å². The van der Waals surface area contributed by atoms with E-state index in [1.807, 2.05) is 6.07 Å². The van der Waals surface area contributed by atoms with Gasteiger partial charge in [-0.25, -0.2) is 0 Å². The first kappa shape index (κ1) is 23.3. The first-order valence-corrected chi connectivity index (χ1v) is 12.3. The first-order chi connectivity index (χ1) is 16.9. The standard InChI is InChI=1S/C24H29N7O4/c25-28-26-10-15-29-11-6-24(7-12-29)8-13-30(14-9-24)17-3-1-2-16-20(17)23(35)31(22(16)34)18-4-5-19(32)27-21(18)33/h1-3,18H,4-15H2,(H,27,32,33). The average molecular weight is 480 g/mol. The van der Waals surface area contributed by atoms with Crippen molar-refractivity contribution >= 4 is 29.3 Å².